The lowest BCUT2D eigenvalue weighted by atomic mass is 10.4. The average Bonchev–Trinajstić information content (AvgIpc) is 2.21. The van der Waals surface area contributed by atoms with Crippen LogP contribution in [-0.2, 0) is 9.53 Å². The highest BCUT2D eigenvalue weighted by Gasteiger charge is 2.12. The molecular formula is C8H8F2N2O2S. The van der Waals surface area contributed by atoms with Crippen molar-refractivity contribution in [3.05, 3.63) is 17.7 Å². The van der Waals surface area contributed by atoms with Gasteiger partial charge in [-0.2, -0.15) is 0 Å². The van der Waals surface area contributed by atoms with E-state index in [1.165, 1.54) is 7.11 Å². The third-order valence-corrected chi connectivity index (χ3v) is 2.42. The van der Waals surface area contributed by atoms with E-state index in [1.807, 2.05) is 0 Å². The minimum absolute atomic E-state index is 0.106. The van der Waals surface area contributed by atoms with Crippen molar-refractivity contribution in [2.45, 2.75) is 5.03 Å². The zero-order valence-electron chi connectivity index (χ0n) is 7.79. The summed E-state index contributed by atoms with van der Waals surface area (Å²) < 4.78 is 30.1. The first-order valence-electron chi connectivity index (χ1n) is 3.85. The number of hydrogen-bond donors (Lipinski definition) is 1. The largest absolute Gasteiger partial charge is 0.468 e. The molecule has 2 N–H and O–H groups in total. The molecule has 4 nitrogen and oxygen atoms in total. The summed E-state index contributed by atoms with van der Waals surface area (Å²) in [5.41, 5.74) is 5.15. The lowest BCUT2D eigenvalue weighted by molar-refractivity contribution is -0.137. The number of thioether (sulfide) groups is 1. The van der Waals surface area contributed by atoms with Crippen molar-refractivity contribution in [1.82, 2.24) is 4.98 Å². The van der Waals surface area contributed by atoms with Crippen LogP contribution in [0, 0.1) is 11.6 Å². The van der Waals surface area contributed by atoms with E-state index < -0.39 is 23.4 Å². The summed E-state index contributed by atoms with van der Waals surface area (Å²) in [7, 11) is 1.21. The maximum Gasteiger partial charge on any atom is 0.316 e. The Hall–Kier alpha value is -1.37. The summed E-state index contributed by atoms with van der Waals surface area (Å²) in [6.45, 7) is 0. The van der Waals surface area contributed by atoms with Crippen LogP contribution < -0.4 is 5.73 Å². The quantitative estimate of drug-likeness (QED) is 0.629. The molecule has 15 heavy (non-hydrogen) atoms. The van der Waals surface area contributed by atoms with E-state index in [-0.39, 0.29) is 10.8 Å². The van der Waals surface area contributed by atoms with E-state index in [0.29, 0.717) is 6.07 Å². The fourth-order valence-electron chi connectivity index (χ4n) is 0.751. The molecule has 0 fully saturated rings. The number of nitrogens with zero attached hydrogens (tertiary/aromatic N) is 1. The van der Waals surface area contributed by atoms with Gasteiger partial charge in [0.05, 0.1) is 12.9 Å². The number of ether oxygens (including phenoxy) is 1. The number of nitrogen functional groups attached to an aromatic ring is 1. The fourth-order valence-corrected chi connectivity index (χ4v) is 1.48. The molecule has 0 unspecified atom stereocenters. The van der Waals surface area contributed by atoms with E-state index in [0.717, 1.165) is 11.8 Å². The zero-order valence-corrected chi connectivity index (χ0v) is 8.61. The molecular weight excluding hydrogens is 226 g/mol. The number of hydrogen-bond acceptors (Lipinski definition) is 5. The summed E-state index contributed by atoms with van der Waals surface area (Å²) in [5, 5.41) is -0.126. The van der Waals surface area contributed by atoms with Crippen LogP contribution in [0.5, 0.6) is 0 Å². The molecule has 82 valence electrons. The highest BCUT2D eigenvalue weighted by atomic mass is 32.2. The van der Waals surface area contributed by atoms with Gasteiger partial charge in [-0.1, -0.05) is 11.8 Å². The molecule has 0 aliphatic heterocycles. The number of esters is 1. The van der Waals surface area contributed by atoms with Crippen molar-refractivity contribution in [3.63, 3.8) is 0 Å². The van der Waals surface area contributed by atoms with Crippen LogP contribution in [0.25, 0.3) is 0 Å². The molecule has 0 bridgehead atoms. The first kappa shape index (κ1) is 11.7. The zero-order chi connectivity index (χ0) is 11.4. The van der Waals surface area contributed by atoms with Crippen molar-refractivity contribution in [1.29, 1.82) is 0 Å². The van der Waals surface area contributed by atoms with Crippen molar-refractivity contribution in [2.24, 2.45) is 0 Å². The number of anilines is 1. The van der Waals surface area contributed by atoms with Crippen molar-refractivity contribution in [3.8, 4) is 0 Å². The lowest BCUT2D eigenvalue weighted by Gasteiger charge is -2.03. The van der Waals surface area contributed by atoms with Gasteiger partial charge in [0.25, 0.3) is 0 Å². The van der Waals surface area contributed by atoms with E-state index in [9.17, 15) is 13.6 Å². The number of pyridine rings is 1. The molecule has 0 aliphatic rings. The standard InChI is InChI=1S/C8H8F2N2O2S/c1-14-6(13)3-15-8-5(10)2-4(9)7(11)12-8/h2H,3H2,1H3,(H2,11,12). The Morgan fingerprint density at radius 1 is 1.60 bits per heavy atom. The van der Waals surface area contributed by atoms with Gasteiger partial charge in [0.15, 0.2) is 17.5 Å². The molecule has 1 aromatic heterocycles. The summed E-state index contributed by atoms with van der Waals surface area (Å²) in [4.78, 5) is 14.2. The summed E-state index contributed by atoms with van der Waals surface area (Å²) in [5.74, 6) is -2.80. The topological polar surface area (TPSA) is 65.2 Å². The Morgan fingerprint density at radius 2 is 2.27 bits per heavy atom. The van der Waals surface area contributed by atoms with E-state index in [2.05, 4.69) is 9.72 Å². The number of halogens is 2. The number of methoxy groups -OCH3 is 1. The Kier molecular flexibility index (Phi) is 3.84. The summed E-state index contributed by atoms with van der Waals surface area (Å²) >= 11 is 0.795. The predicted octanol–water partition coefficient (Wildman–Crippen LogP) is 1.21. The second-order valence-electron chi connectivity index (χ2n) is 2.51. The van der Waals surface area contributed by atoms with Gasteiger partial charge in [-0.3, -0.25) is 4.79 Å². The van der Waals surface area contributed by atoms with Gasteiger partial charge in [0, 0.05) is 6.07 Å². The minimum Gasteiger partial charge on any atom is -0.468 e. The van der Waals surface area contributed by atoms with Crippen LogP contribution in [0.2, 0.25) is 0 Å². The fraction of sp³-hybridized carbons (Fsp3) is 0.250. The van der Waals surface area contributed by atoms with Gasteiger partial charge < -0.3 is 10.5 Å². The lowest BCUT2D eigenvalue weighted by Crippen LogP contribution is -2.05. The summed E-state index contributed by atoms with van der Waals surface area (Å²) in [6, 6.07) is 0.627. The molecule has 1 rings (SSSR count). The van der Waals surface area contributed by atoms with Crippen molar-refractivity contribution < 1.29 is 18.3 Å². The van der Waals surface area contributed by atoms with Gasteiger partial charge >= 0.3 is 5.97 Å². The molecule has 0 saturated heterocycles. The second kappa shape index (κ2) is 4.92. The Bertz CT molecular complexity index is 387. The first-order chi connectivity index (χ1) is 7.04. The van der Waals surface area contributed by atoms with Crippen LogP contribution in [-0.4, -0.2) is 23.8 Å². The van der Waals surface area contributed by atoms with Crippen LogP contribution in [0.15, 0.2) is 11.1 Å². The number of carbonyl (C=O) groups is 1. The Labute approximate surface area is 88.8 Å². The summed E-state index contributed by atoms with van der Waals surface area (Å²) in [6.07, 6.45) is 0. The Morgan fingerprint density at radius 3 is 2.87 bits per heavy atom. The monoisotopic (exact) mass is 234 g/mol. The number of nitrogens with two attached hydrogens (primary N) is 1. The second-order valence-corrected chi connectivity index (χ2v) is 3.47. The average molecular weight is 234 g/mol. The maximum atomic E-state index is 13.1. The Balaban J connectivity index is 2.77. The molecule has 0 atom stereocenters. The van der Waals surface area contributed by atoms with Crippen LogP contribution >= 0.6 is 11.8 Å². The minimum atomic E-state index is -0.921. The SMILES string of the molecule is COC(=O)CSc1nc(N)c(F)cc1F. The van der Waals surface area contributed by atoms with Crippen LogP contribution in [0.4, 0.5) is 14.6 Å². The van der Waals surface area contributed by atoms with Crippen LogP contribution in [0.1, 0.15) is 0 Å². The molecule has 0 saturated carbocycles. The molecule has 0 radical (unpaired) electrons. The molecule has 1 aromatic rings. The molecule has 0 amide bonds. The highest BCUT2D eigenvalue weighted by Crippen LogP contribution is 2.22. The smallest absolute Gasteiger partial charge is 0.316 e. The van der Waals surface area contributed by atoms with E-state index in [4.69, 9.17) is 5.73 Å². The van der Waals surface area contributed by atoms with Gasteiger partial charge in [0.1, 0.15) is 5.03 Å². The predicted molar refractivity (Wildman–Crippen MR) is 51.3 cm³/mol. The normalized spacial score (nSPS) is 10.1. The van der Waals surface area contributed by atoms with Gasteiger partial charge in [-0.15, -0.1) is 0 Å². The number of carbonyl (C=O) groups excluding carboxylic acids is 1. The molecule has 0 aliphatic carbocycles. The molecule has 0 spiro atoms. The van der Waals surface area contributed by atoms with E-state index >= 15 is 0 Å². The third-order valence-electron chi connectivity index (χ3n) is 1.48. The van der Waals surface area contributed by atoms with Gasteiger partial charge in [-0.25, -0.2) is 13.8 Å². The number of rotatable bonds is 3. The van der Waals surface area contributed by atoms with Gasteiger partial charge in [0.2, 0.25) is 0 Å². The molecule has 0 aromatic carbocycles. The van der Waals surface area contributed by atoms with Crippen LogP contribution in [0.3, 0.4) is 0 Å². The van der Waals surface area contributed by atoms with Crippen molar-refractivity contribution >= 4 is 23.5 Å². The highest BCUT2D eigenvalue weighted by molar-refractivity contribution is 7.99. The van der Waals surface area contributed by atoms with Crippen molar-refractivity contribution in [2.75, 3.05) is 18.6 Å². The third kappa shape index (κ3) is 3.05. The van der Waals surface area contributed by atoms with Gasteiger partial charge in [-0.05, 0) is 0 Å². The maximum absolute atomic E-state index is 13.1. The molecule has 1 heterocycles. The first-order valence-corrected chi connectivity index (χ1v) is 4.84. The molecule has 7 heteroatoms. The number of aromatic nitrogens is 1. The van der Waals surface area contributed by atoms with E-state index in [1.54, 1.807) is 0 Å².